The van der Waals surface area contributed by atoms with Crippen LogP contribution in [0.2, 0.25) is 0 Å². The summed E-state index contributed by atoms with van der Waals surface area (Å²) in [6, 6.07) is 29.5. The molecule has 0 spiro atoms. The maximum absolute atomic E-state index is 13.9. The van der Waals surface area contributed by atoms with Crippen LogP contribution >= 0.6 is 8.58 Å². The Bertz CT molecular complexity index is 1650. The van der Waals surface area contributed by atoms with E-state index in [9.17, 15) is 31.1 Å². The maximum atomic E-state index is 13.9. The molecule has 0 N–H and O–H groups in total. The average molecular weight is 634 g/mol. The van der Waals surface area contributed by atoms with Crippen LogP contribution in [0.1, 0.15) is 21.5 Å². The molecule has 45 heavy (non-hydrogen) atoms. The van der Waals surface area contributed by atoms with E-state index in [4.69, 9.17) is 14.2 Å². The number of carbonyl (C=O) groups excluding carboxylic acids is 1. The SMILES string of the molecule is O=C(Pc1c(Oc2ccccc2)cc(Oc2ccccc2)cc1Oc1ccccc1)c1c(C(F)(F)F)cccc1C(F)(F)F.[LiH]. The van der Waals surface area contributed by atoms with Crippen LogP contribution < -0.4 is 19.5 Å². The molecule has 0 fully saturated rings. The fourth-order valence-corrected chi connectivity index (χ4v) is 5.32. The molecule has 1 atom stereocenters. The summed E-state index contributed by atoms with van der Waals surface area (Å²) in [5.74, 6) is 1.09. The molecule has 0 aromatic heterocycles. The summed E-state index contributed by atoms with van der Waals surface area (Å²) >= 11 is 0. The van der Waals surface area contributed by atoms with Crippen molar-refractivity contribution >= 4 is 38.3 Å². The third-order valence-corrected chi connectivity index (χ3v) is 7.32. The predicted molar refractivity (Wildman–Crippen MR) is 162 cm³/mol. The van der Waals surface area contributed by atoms with Gasteiger partial charge in [-0.05, 0) is 57.1 Å². The molecular formula is C33H22F6LiO4P. The van der Waals surface area contributed by atoms with E-state index >= 15 is 0 Å². The van der Waals surface area contributed by atoms with Crippen LogP contribution in [-0.2, 0) is 12.4 Å². The van der Waals surface area contributed by atoms with Crippen molar-refractivity contribution in [2.24, 2.45) is 0 Å². The minimum atomic E-state index is -5.23. The zero-order valence-corrected chi connectivity index (χ0v) is 23.4. The molecule has 226 valence electrons. The van der Waals surface area contributed by atoms with E-state index in [1.54, 1.807) is 91.0 Å². The summed E-state index contributed by atoms with van der Waals surface area (Å²) in [6.45, 7) is 0. The zero-order valence-electron chi connectivity index (χ0n) is 22.4. The van der Waals surface area contributed by atoms with Crippen molar-refractivity contribution in [3.8, 4) is 34.5 Å². The van der Waals surface area contributed by atoms with Crippen LogP contribution in [-0.4, -0.2) is 24.4 Å². The molecule has 0 amide bonds. The van der Waals surface area contributed by atoms with E-state index in [0.717, 1.165) is 0 Å². The van der Waals surface area contributed by atoms with Gasteiger partial charge in [-0.3, -0.25) is 4.79 Å². The van der Waals surface area contributed by atoms with E-state index in [0.29, 0.717) is 35.4 Å². The van der Waals surface area contributed by atoms with Crippen LogP contribution in [0.15, 0.2) is 121 Å². The number of halogens is 6. The van der Waals surface area contributed by atoms with Crippen LogP contribution in [0.4, 0.5) is 26.3 Å². The Balaban J connectivity index is 0.00000461. The molecule has 1 unspecified atom stereocenters. The summed E-state index contributed by atoms with van der Waals surface area (Å²) < 4.78 is 102. The molecule has 0 saturated carbocycles. The van der Waals surface area contributed by atoms with E-state index in [1.165, 1.54) is 12.1 Å². The number of para-hydroxylation sites is 3. The van der Waals surface area contributed by atoms with Gasteiger partial charge in [-0.1, -0.05) is 60.7 Å². The minimum absolute atomic E-state index is 0. The van der Waals surface area contributed by atoms with Crippen molar-refractivity contribution in [3.63, 3.8) is 0 Å². The van der Waals surface area contributed by atoms with Crippen LogP contribution in [0.5, 0.6) is 34.5 Å². The third kappa shape index (κ3) is 8.49. The molecule has 0 aliphatic rings. The second kappa shape index (κ2) is 14.3. The average Bonchev–Trinajstić information content (AvgIpc) is 2.99. The van der Waals surface area contributed by atoms with Gasteiger partial charge in [-0.15, -0.1) is 0 Å². The van der Waals surface area contributed by atoms with Crippen LogP contribution in [0, 0.1) is 0 Å². The number of alkyl halides is 6. The molecule has 4 nitrogen and oxygen atoms in total. The molecule has 5 rings (SSSR count). The number of ether oxygens (including phenoxy) is 3. The van der Waals surface area contributed by atoms with E-state index in [2.05, 4.69) is 0 Å². The Morgan fingerprint density at radius 3 is 1.27 bits per heavy atom. The Morgan fingerprint density at radius 2 is 0.889 bits per heavy atom. The van der Waals surface area contributed by atoms with Gasteiger partial charge < -0.3 is 14.2 Å². The van der Waals surface area contributed by atoms with E-state index in [-0.39, 0.29) is 41.4 Å². The van der Waals surface area contributed by atoms with Crippen LogP contribution in [0.25, 0.3) is 0 Å². The molecule has 0 aliphatic heterocycles. The number of benzene rings is 5. The monoisotopic (exact) mass is 634 g/mol. The summed E-state index contributed by atoms with van der Waals surface area (Å²) in [5, 5.41) is -0.0618. The second-order valence-corrected chi connectivity index (χ2v) is 10.4. The number of hydrogen-bond acceptors (Lipinski definition) is 4. The van der Waals surface area contributed by atoms with Crippen molar-refractivity contribution < 1.29 is 45.3 Å². The van der Waals surface area contributed by atoms with Gasteiger partial charge in [-0.25, -0.2) is 0 Å². The third-order valence-electron chi connectivity index (χ3n) is 6.10. The Morgan fingerprint density at radius 1 is 0.511 bits per heavy atom. The van der Waals surface area contributed by atoms with Gasteiger partial charge in [0, 0.05) is 17.7 Å². The predicted octanol–water partition coefficient (Wildman–Crippen LogP) is 9.60. The summed E-state index contributed by atoms with van der Waals surface area (Å²) in [5.41, 5.74) is -6.26. The molecule has 0 aliphatic carbocycles. The topological polar surface area (TPSA) is 44.8 Å². The molecule has 0 saturated heterocycles. The number of hydrogen-bond donors (Lipinski definition) is 0. The molecule has 5 aromatic carbocycles. The van der Waals surface area contributed by atoms with E-state index in [1.807, 2.05) is 0 Å². The Hall–Kier alpha value is -4.22. The van der Waals surface area contributed by atoms with E-state index < -0.39 is 43.1 Å². The molecule has 5 aromatic rings. The van der Waals surface area contributed by atoms with Gasteiger partial charge in [-0.2, -0.15) is 26.3 Å². The van der Waals surface area contributed by atoms with Crippen molar-refractivity contribution in [2.45, 2.75) is 12.4 Å². The van der Waals surface area contributed by atoms with Gasteiger partial charge >= 0.3 is 31.2 Å². The zero-order chi connectivity index (χ0) is 31.3. The van der Waals surface area contributed by atoms with Crippen molar-refractivity contribution in [2.75, 3.05) is 0 Å². The van der Waals surface area contributed by atoms with Crippen molar-refractivity contribution in [3.05, 3.63) is 138 Å². The van der Waals surface area contributed by atoms with Gasteiger partial charge in [0.05, 0.1) is 16.4 Å². The summed E-state index contributed by atoms with van der Waals surface area (Å²) in [6.07, 6.45) is -10.5. The summed E-state index contributed by atoms with van der Waals surface area (Å²) in [7, 11) is -1.27. The Kier molecular flexibility index (Phi) is 10.7. The molecule has 12 heteroatoms. The van der Waals surface area contributed by atoms with Gasteiger partial charge in [0.2, 0.25) is 0 Å². The fourth-order valence-electron chi connectivity index (χ4n) is 4.21. The first-order valence-electron chi connectivity index (χ1n) is 12.9. The second-order valence-electron chi connectivity index (χ2n) is 9.22. The number of carbonyl (C=O) groups is 1. The van der Waals surface area contributed by atoms with Gasteiger partial charge in [0.25, 0.3) is 0 Å². The summed E-state index contributed by atoms with van der Waals surface area (Å²) in [4.78, 5) is 13.6. The standard InChI is InChI=1S/C33H21F6O4P.Li.H/c34-32(35,36)25-17-10-18-26(33(37,38)39)29(25)31(40)44-30-27(42-22-13-6-2-7-14-22)19-24(41-21-11-4-1-5-12-21)20-28(30)43-23-15-8-3-9-16-23;;/h1-20,44H;;. The molecule has 0 bridgehead atoms. The fraction of sp³-hybridized carbons (Fsp3) is 0.0606. The first-order valence-corrected chi connectivity index (χ1v) is 13.9. The molecule has 0 radical (unpaired) electrons. The van der Waals surface area contributed by atoms with Crippen molar-refractivity contribution in [1.29, 1.82) is 0 Å². The van der Waals surface area contributed by atoms with Gasteiger partial charge in [0.1, 0.15) is 34.5 Å². The number of rotatable bonds is 9. The normalized spacial score (nSPS) is 11.6. The molecule has 0 heterocycles. The first-order chi connectivity index (χ1) is 21.0. The van der Waals surface area contributed by atoms with Crippen molar-refractivity contribution in [1.82, 2.24) is 0 Å². The van der Waals surface area contributed by atoms with Gasteiger partial charge in [0.15, 0.2) is 5.52 Å². The quantitative estimate of drug-likeness (QED) is 0.0921. The Labute approximate surface area is 267 Å². The van der Waals surface area contributed by atoms with Crippen LogP contribution in [0.3, 0.4) is 0 Å². The molecular weight excluding hydrogens is 612 g/mol. The first kappa shape index (κ1) is 33.7.